The molecule has 0 radical (unpaired) electrons. The van der Waals surface area contributed by atoms with Crippen LogP contribution in [0.25, 0.3) is 5.52 Å². The minimum Gasteiger partial charge on any atom is -0.394 e. The highest BCUT2D eigenvalue weighted by molar-refractivity contribution is 14.1. The van der Waals surface area contributed by atoms with Crippen LogP contribution in [0.1, 0.15) is 27.4 Å². The molecule has 0 atom stereocenters. The number of halogens is 2. The van der Waals surface area contributed by atoms with Gasteiger partial charge >= 0.3 is 0 Å². The number of hydrogen-bond donors (Lipinski definition) is 1. The highest BCUT2D eigenvalue weighted by Gasteiger charge is 2.20. The molecule has 0 amide bonds. The molecule has 1 aromatic carbocycles. The Morgan fingerprint density at radius 3 is 2.96 bits per heavy atom. The van der Waals surface area contributed by atoms with Crippen molar-refractivity contribution in [2.45, 2.75) is 13.3 Å². The molecule has 1 N–H and O–H groups in total. The third-order valence-electron chi connectivity index (χ3n) is 3.96. The Labute approximate surface area is 163 Å². The quantitative estimate of drug-likeness (QED) is 0.327. The Bertz CT molecular complexity index is 958. The number of aryl methyl sites for hydroxylation is 1. The number of hydrogen-bond acceptors (Lipinski definition) is 5. The van der Waals surface area contributed by atoms with Crippen molar-refractivity contribution in [1.82, 2.24) is 14.4 Å². The number of nitrogens with zero attached hydrogens (tertiary/aromatic N) is 3. The lowest BCUT2D eigenvalue weighted by Gasteiger charge is -2.13. The topological polar surface area (TPSA) is 76.7 Å². The summed E-state index contributed by atoms with van der Waals surface area (Å²) in [5.41, 5.74) is 2.67. The van der Waals surface area contributed by atoms with Crippen LogP contribution in [0, 0.1) is 16.3 Å². The van der Waals surface area contributed by atoms with Crippen molar-refractivity contribution < 1.29 is 19.0 Å². The highest BCUT2D eigenvalue weighted by Crippen LogP contribution is 2.21. The lowest BCUT2D eigenvalue weighted by Crippen LogP contribution is -2.18. The molecule has 0 fully saturated rings. The minimum absolute atomic E-state index is 0.0686. The Hall–Kier alpha value is -1.91. The molecule has 2 heterocycles. The fourth-order valence-corrected chi connectivity index (χ4v) is 3.17. The zero-order valence-electron chi connectivity index (χ0n) is 14.1. The van der Waals surface area contributed by atoms with Gasteiger partial charge in [0, 0.05) is 9.99 Å². The molecule has 0 aliphatic heterocycles. The van der Waals surface area contributed by atoms with Crippen LogP contribution in [-0.2, 0) is 11.2 Å². The van der Waals surface area contributed by atoms with Crippen LogP contribution in [0.3, 0.4) is 0 Å². The molecule has 3 aromatic rings. The van der Waals surface area contributed by atoms with E-state index in [9.17, 15) is 9.18 Å². The van der Waals surface area contributed by atoms with Gasteiger partial charge < -0.3 is 9.84 Å². The molecule has 0 spiro atoms. The van der Waals surface area contributed by atoms with Gasteiger partial charge in [-0.1, -0.05) is 6.07 Å². The second-order valence-corrected chi connectivity index (χ2v) is 7.00. The third kappa shape index (κ3) is 3.92. The molecule has 2 aromatic heterocycles. The highest BCUT2D eigenvalue weighted by atomic mass is 127. The number of aromatic nitrogens is 3. The molecule has 6 nitrogen and oxygen atoms in total. The minimum atomic E-state index is -0.333. The van der Waals surface area contributed by atoms with Crippen molar-refractivity contribution >= 4 is 33.9 Å². The number of fused-ring (bicyclic) bond motifs is 1. The van der Waals surface area contributed by atoms with Crippen molar-refractivity contribution in [3.05, 3.63) is 62.8 Å². The first-order valence-electron chi connectivity index (χ1n) is 7.98. The van der Waals surface area contributed by atoms with Gasteiger partial charge in [0.25, 0.3) is 0 Å². The van der Waals surface area contributed by atoms with Crippen molar-refractivity contribution in [1.29, 1.82) is 0 Å². The van der Waals surface area contributed by atoms with Gasteiger partial charge in [-0.25, -0.2) is 14.4 Å². The van der Waals surface area contributed by atoms with Gasteiger partial charge in [-0.2, -0.15) is 0 Å². The van der Waals surface area contributed by atoms with E-state index in [1.54, 1.807) is 29.9 Å². The first-order valence-corrected chi connectivity index (χ1v) is 9.06. The van der Waals surface area contributed by atoms with Gasteiger partial charge in [-0.05, 0) is 47.2 Å². The molecular weight excluding hydrogens is 452 g/mol. The standard InChI is InChI=1S/C18H17FIN3O3/c1-11-16-8-21-10-23(16)15(6-12-2-3-13(20)7-14(12)19)18(22-11)17(25)9-26-5-4-24/h2-3,7-8,10,24H,4-6,9H2,1H3. The van der Waals surface area contributed by atoms with E-state index in [1.165, 1.54) is 6.07 Å². The summed E-state index contributed by atoms with van der Waals surface area (Å²) >= 11 is 2.05. The summed E-state index contributed by atoms with van der Waals surface area (Å²) in [4.78, 5) is 21.1. The van der Waals surface area contributed by atoms with Crippen LogP contribution in [0.5, 0.6) is 0 Å². The van der Waals surface area contributed by atoms with E-state index in [-0.39, 0.29) is 43.5 Å². The van der Waals surface area contributed by atoms with E-state index in [4.69, 9.17) is 9.84 Å². The van der Waals surface area contributed by atoms with E-state index in [0.29, 0.717) is 17.0 Å². The van der Waals surface area contributed by atoms with Crippen molar-refractivity contribution in [2.75, 3.05) is 19.8 Å². The van der Waals surface area contributed by atoms with E-state index < -0.39 is 0 Å². The Kier molecular flexibility index (Phi) is 5.94. The number of aliphatic hydroxyl groups excluding tert-OH is 1. The Balaban J connectivity index is 2.06. The molecule has 3 rings (SSSR count). The molecule has 0 bridgehead atoms. The zero-order valence-corrected chi connectivity index (χ0v) is 16.2. The normalized spacial score (nSPS) is 11.2. The number of aliphatic hydroxyl groups is 1. The fraction of sp³-hybridized carbons (Fsp3) is 0.278. The maximum atomic E-state index is 14.3. The Morgan fingerprint density at radius 1 is 1.42 bits per heavy atom. The first kappa shape index (κ1) is 18.9. The summed E-state index contributed by atoms with van der Waals surface area (Å²) in [6.45, 7) is 1.49. The number of ether oxygens (including phenoxy) is 1. The number of benzene rings is 1. The number of carbonyl (C=O) groups excluding carboxylic acids is 1. The van der Waals surface area contributed by atoms with Gasteiger partial charge in [0.2, 0.25) is 5.78 Å². The summed E-state index contributed by atoms with van der Waals surface area (Å²) < 4.78 is 22.0. The van der Waals surface area contributed by atoms with Gasteiger partial charge in [-0.3, -0.25) is 9.20 Å². The summed E-state index contributed by atoms with van der Waals surface area (Å²) in [5.74, 6) is -0.654. The lowest BCUT2D eigenvalue weighted by molar-refractivity contribution is 0.0658. The van der Waals surface area contributed by atoms with E-state index in [1.807, 2.05) is 28.7 Å². The average Bonchev–Trinajstić information content (AvgIpc) is 3.09. The smallest absolute Gasteiger partial charge is 0.208 e. The maximum absolute atomic E-state index is 14.3. The van der Waals surface area contributed by atoms with Gasteiger partial charge in [0.05, 0.1) is 42.6 Å². The maximum Gasteiger partial charge on any atom is 0.208 e. The van der Waals surface area contributed by atoms with Crippen LogP contribution in [0.15, 0.2) is 30.7 Å². The molecule has 0 unspecified atom stereocenters. The van der Waals surface area contributed by atoms with Crippen molar-refractivity contribution in [3.8, 4) is 0 Å². The second kappa shape index (κ2) is 8.19. The summed E-state index contributed by atoms with van der Waals surface area (Å²) in [7, 11) is 0. The molecule has 136 valence electrons. The molecule has 8 heteroatoms. The molecule has 26 heavy (non-hydrogen) atoms. The first-order chi connectivity index (χ1) is 12.5. The monoisotopic (exact) mass is 469 g/mol. The number of rotatable bonds is 7. The third-order valence-corrected chi connectivity index (χ3v) is 4.63. The van der Waals surface area contributed by atoms with E-state index in [2.05, 4.69) is 9.97 Å². The molecule has 0 saturated carbocycles. The molecule has 0 saturated heterocycles. The molecule has 0 aliphatic rings. The average molecular weight is 469 g/mol. The predicted octanol–water partition coefficient (Wildman–Crippen LogP) is 2.56. The lowest BCUT2D eigenvalue weighted by atomic mass is 10.0. The number of Topliss-reactive ketones (excluding diaryl/α,β-unsaturated/α-hetero) is 1. The second-order valence-electron chi connectivity index (χ2n) is 5.75. The van der Waals surface area contributed by atoms with E-state index >= 15 is 0 Å². The number of carbonyl (C=O) groups is 1. The zero-order chi connectivity index (χ0) is 18.7. The number of ketones is 1. The van der Waals surface area contributed by atoms with Crippen LogP contribution < -0.4 is 0 Å². The summed E-state index contributed by atoms with van der Waals surface area (Å²) in [5, 5.41) is 8.80. The van der Waals surface area contributed by atoms with Crippen molar-refractivity contribution in [2.24, 2.45) is 0 Å². The SMILES string of the molecule is Cc1nc(C(=O)COCCO)c(Cc2ccc(I)cc2F)n2cncc12. The van der Waals surface area contributed by atoms with Crippen molar-refractivity contribution in [3.63, 3.8) is 0 Å². The summed E-state index contributed by atoms with van der Waals surface area (Å²) in [6.07, 6.45) is 3.45. The number of imidazole rings is 1. The van der Waals surface area contributed by atoms with Gasteiger partial charge in [0.1, 0.15) is 18.1 Å². The van der Waals surface area contributed by atoms with Crippen LogP contribution in [0.2, 0.25) is 0 Å². The fourth-order valence-electron chi connectivity index (χ4n) is 2.72. The summed E-state index contributed by atoms with van der Waals surface area (Å²) in [6, 6.07) is 4.97. The van der Waals surface area contributed by atoms with Crippen LogP contribution in [-0.4, -0.2) is 45.1 Å². The van der Waals surface area contributed by atoms with Gasteiger partial charge in [-0.15, -0.1) is 0 Å². The van der Waals surface area contributed by atoms with Crippen LogP contribution in [0.4, 0.5) is 4.39 Å². The molecular formula is C18H17FIN3O3. The molecule has 0 aliphatic carbocycles. The van der Waals surface area contributed by atoms with Gasteiger partial charge in [0.15, 0.2) is 0 Å². The van der Waals surface area contributed by atoms with E-state index in [0.717, 1.165) is 9.09 Å². The Morgan fingerprint density at radius 2 is 2.23 bits per heavy atom. The predicted molar refractivity (Wildman–Crippen MR) is 102 cm³/mol. The largest absolute Gasteiger partial charge is 0.394 e. The van der Waals surface area contributed by atoms with Crippen LogP contribution >= 0.6 is 22.6 Å².